The quantitative estimate of drug-likeness (QED) is 0.347. The van der Waals surface area contributed by atoms with E-state index in [4.69, 9.17) is 23.6 Å². The van der Waals surface area contributed by atoms with Crippen molar-refractivity contribution in [1.82, 2.24) is 8.98 Å². The Bertz CT molecular complexity index is 1600. The van der Waals surface area contributed by atoms with Gasteiger partial charge < -0.3 is 18.6 Å². The molecule has 0 amide bonds. The summed E-state index contributed by atoms with van der Waals surface area (Å²) in [6.07, 6.45) is 3.31. The molecule has 2 aromatic carbocycles. The van der Waals surface area contributed by atoms with Gasteiger partial charge in [0.05, 0.1) is 36.3 Å². The molecular weight excluding hydrogens is 516 g/mol. The van der Waals surface area contributed by atoms with Crippen LogP contribution in [0.4, 0.5) is 5.69 Å². The summed E-state index contributed by atoms with van der Waals surface area (Å²) in [6.45, 7) is 1.69. The average Bonchev–Trinajstić information content (AvgIpc) is 3.69. The van der Waals surface area contributed by atoms with Crippen molar-refractivity contribution >= 4 is 33.3 Å². The van der Waals surface area contributed by atoms with Crippen LogP contribution in [0, 0.1) is 0 Å². The molecule has 4 heterocycles. The summed E-state index contributed by atoms with van der Waals surface area (Å²) in [7, 11) is -3.58. The zero-order valence-electron chi connectivity index (χ0n) is 19.5. The number of aromatic nitrogens is 1. The topological polar surface area (TPSA) is 108 Å². The van der Waals surface area contributed by atoms with Crippen LogP contribution in [0.1, 0.15) is 5.56 Å². The van der Waals surface area contributed by atoms with Crippen molar-refractivity contribution in [1.29, 1.82) is 0 Å². The molecule has 0 aliphatic carbocycles. The number of ether oxygens (including phenoxy) is 3. The van der Waals surface area contributed by atoms with E-state index >= 15 is 0 Å². The molecule has 0 radical (unpaired) electrons. The summed E-state index contributed by atoms with van der Waals surface area (Å²) in [6, 6.07) is 15.8. The molecule has 6 rings (SSSR count). The van der Waals surface area contributed by atoms with Crippen LogP contribution in [0.15, 0.2) is 85.6 Å². The maximum Gasteiger partial charge on any atom is 0.243 e. The number of sulfonamides is 1. The van der Waals surface area contributed by atoms with Gasteiger partial charge in [-0.05, 0) is 60.2 Å². The number of hydrogen-bond donors (Lipinski definition) is 0. The van der Waals surface area contributed by atoms with E-state index in [0.29, 0.717) is 54.1 Å². The monoisotopic (exact) mass is 538 g/mol. The molecule has 1 fully saturated rings. The molecule has 0 spiro atoms. The van der Waals surface area contributed by atoms with Gasteiger partial charge in [-0.2, -0.15) is 9.41 Å². The summed E-state index contributed by atoms with van der Waals surface area (Å²) in [4.78, 5) is 5.55. The van der Waals surface area contributed by atoms with Crippen LogP contribution < -0.4 is 14.3 Å². The van der Waals surface area contributed by atoms with Crippen LogP contribution in [0.5, 0.6) is 11.5 Å². The second-order valence-corrected chi connectivity index (χ2v) is 10.9. The van der Waals surface area contributed by atoms with E-state index in [1.165, 1.54) is 15.6 Å². The van der Waals surface area contributed by atoms with Crippen LogP contribution in [-0.4, -0.2) is 56.7 Å². The highest BCUT2D eigenvalue weighted by molar-refractivity contribution is 7.89. The molecule has 2 aromatic heterocycles. The number of fused-ring (bicyclic) bond motifs is 1. The lowest BCUT2D eigenvalue weighted by atomic mass is 10.2. The van der Waals surface area contributed by atoms with Crippen molar-refractivity contribution in [3.8, 4) is 23.0 Å². The molecule has 0 bridgehead atoms. The third-order valence-electron chi connectivity index (χ3n) is 5.85. The predicted molar refractivity (Wildman–Crippen MR) is 137 cm³/mol. The first-order valence-electron chi connectivity index (χ1n) is 11.5. The minimum absolute atomic E-state index is 0.202. The number of nitrogens with zero attached hydrogens (tertiary/aromatic N) is 4. The van der Waals surface area contributed by atoms with E-state index in [9.17, 15) is 8.42 Å². The summed E-state index contributed by atoms with van der Waals surface area (Å²) in [5, 5.41) is 6.58. The molecule has 0 saturated carbocycles. The molecule has 0 N–H and O–H groups in total. The highest BCUT2D eigenvalue weighted by Gasteiger charge is 2.26. The molecule has 2 aliphatic heterocycles. The van der Waals surface area contributed by atoms with Crippen molar-refractivity contribution in [2.24, 2.45) is 10.1 Å². The third-order valence-corrected chi connectivity index (χ3v) is 8.58. The Kier molecular flexibility index (Phi) is 6.38. The Hall–Kier alpha value is -3.71. The lowest BCUT2D eigenvalue weighted by molar-refractivity contribution is 0.0730. The number of furan rings is 1. The summed E-state index contributed by atoms with van der Waals surface area (Å²) >= 11 is 1.39. The van der Waals surface area contributed by atoms with E-state index in [1.54, 1.807) is 41.4 Å². The van der Waals surface area contributed by atoms with Crippen molar-refractivity contribution in [2.45, 2.75) is 4.90 Å². The molecular formula is C25H22N4O6S2. The fraction of sp³-hybridized carbons (Fsp3) is 0.200. The first-order valence-corrected chi connectivity index (χ1v) is 13.8. The van der Waals surface area contributed by atoms with E-state index in [2.05, 4.69) is 5.10 Å². The Labute approximate surface area is 216 Å². The fourth-order valence-electron chi connectivity index (χ4n) is 3.94. The fourth-order valence-corrected chi connectivity index (χ4v) is 6.18. The largest absolute Gasteiger partial charge is 0.463 e. The van der Waals surface area contributed by atoms with Crippen molar-refractivity contribution in [2.75, 3.05) is 33.1 Å². The Balaban J connectivity index is 1.33. The van der Waals surface area contributed by atoms with Gasteiger partial charge in [-0.1, -0.05) is 0 Å². The van der Waals surface area contributed by atoms with E-state index in [0.717, 1.165) is 11.3 Å². The van der Waals surface area contributed by atoms with E-state index in [-0.39, 0.29) is 11.7 Å². The van der Waals surface area contributed by atoms with Gasteiger partial charge >= 0.3 is 0 Å². The second kappa shape index (κ2) is 9.98. The van der Waals surface area contributed by atoms with Gasteiger partial charge in [-0.15, -0.1) is 11.3 Å². The highest BCUT2D eigenvalue weighted by atomic mass is 32.2. The lowest BCUT2D eigenvalue weighted by Crippen LogP contribution is -2.40. The van der Waals surface area contributed by atoms with Gasteiger partial charge in [-0.3, -0.25) is 0 Å². The van der Waals surface area contributed by atoms with Crippen molar-refractivity contribution in [3.63, 3.8) is 0 Å². The normalized spacial score (nSPS) is 16.6. The molecule has 4 aromatic rings. The van der Waals surface area contributed by atoms with Gasteiger partial charge in [0.1, 0.15) is 5.69 Å². The zero-order valence-corrected chi connectivity index (χ0v) is 21.2. The van der Waals surface area contributed by atoms with Crippen LogP contribution in [-0.2, 0) is 14.8 Å². The number of hydrogen-bond acceptors (Lipinski definition) is 9. The SMILES string of the molecule is O=S(=O)(c1ccc(N=c2scc(-c3ccco3)n2N=Cc2ccc3c(c2)OCO3)cc1)N1CCOCC1. The van der Waals surface area contributed by atoms with Crippen molar-refractivity contribution in [3.05, 3.63) is 76.6 Å². The van der Waals surface area contributed by atoms with Crippen LogP contribution in [0.2, 0.25) is 0 Å². The first kappa shape index (κ1) is 23.7. The summed E-state index contributed by atoms with van der Waals surface area (Å²) in [5.41, 5.74) is 2.16. The molecule has 37 heavy (non-hydrogen) atoms. The average molecular weight is 539 g/mol. The predicted octanol–water partition coefficient (Wildman–Crippen LogP) is 3.67. The number of thiazole rings is 1. The molecule has 2 aliphatic rings. The Morgan fingerprint density at radius 2 is 1.78 bits per heavy atom. The van der Waals surface area contributed by atoms with Gasteiger partial charge in [0.2, 0.25) is 21.6 Å². The minimum Gasteiger partial charge on any atom is -0.463 e. The smallest absolute Gasteiger partial charge is 0.243 e. The third kappa shape index (κ3) is 4.83. The molecule has 12 heteroatoms. The van der Waals surface area contributed by atoms with Crippen LogP contribution in [0.25, 0.3) is 11.5 Å². The number of morpholine rings is 1. The molecule has 1 saturated heterocycles. The standard InChI is InChI=1S/C25H22N4O6S2/c30-37(31,28-9-12-32-13-10-28)20-6-4-19(5-7-20)27-25-29(21(16-36-25)22-2-1-11-33-22)26-15-18-3-8-23-24(14-18)35-17-34-23/h1-8,11,14-16H,9-10,12-13,17H2. The number of benzene rings is 2. The summed E-state index contributed by atoms with van der Waals surface area (Å²) in [5.74, 6) is 2.02. The molecule has 0 unspecified atom stereocenters. The van der Waals surface area contributed by atoms with Gasteiger partial charge in [0.25, 0.3) is 0 Å². The zero-order chi connectivity index (χ0) is 25.2. The van der Waals surface area contributed by atoms with Gasteiger partial charge in [-0.25, -0.2) is 18.1 Å². The molecule has 0 atom stereocenters. The van der Waals surface area contributed by atoms with E-state index < -0.39 is 10.0 Å². The minimum atomic E-state index is -3.58. The maximum atomic E-state index is 12.9. The number of rotatable bonds is 6. The molecule has 10 nitrogen and oxygen atoms in total. The van der Waals surface area contributed by atoms with Crippen molar-refractivity contribution < 1.29 is 27.0 Å². The van der Waals surface area contributed by atoms with Crippen LogP contribution >= 0.6 is 11.3 Å². The van der Waals surface area contributed by atoms with Gasteiger partial charge in [0.15, 0.2) is 17.3 Å². The summed E-state index contributed by atoms with van der Waals surface area (Å²) < 4.78 is 50.7. The molecule has 190 valence electrons. The Morgan fingerprint density at radius 1 is 0.973 bits per heavy atom. The highest BCUT2D eigenvalue weighted by Crippen LogP contribution is 2.32. The van der Waals surface area contributed by atoms with Gasteiger partial charge in [0, 0.05) is 18.5 Å². The lowest BCUT2D eigenvalue weighted by Gasteiger charge is -2.26. The Morgan fingerprint density at radius 3 is 2.57 bits per heavy atom. The maximum absolute atomic E-state index is 12.9. The van der Waals surface area contributed by atoms with E-state index in [1.807, 2.05) is 35.7 Å². The van der Waals surface area contributed by atoms with Crippen LogP contribution in [0.3, 0.4) is 0 Å². The second-order valence-electron chi connectivity index (χ2n) is 8.17. The first-order chi connectivity index (χ1) is 18.1.